The average Bonchev–Trinajstić information content (AvgIpc) is 2.58. The lowest BCUT2D eigenvalue weighted by atomic mass is 9.97. The Hall–Kier alpha value is -1.20. The van der Waals surface area contributed by atoms with Crippen molar-refractivity contribution in [2.75, 3.05) is 6.61 Å². The number of rotatable bonds is 4. The molecule has 1 heterocycles. The first-order chi connectivity index (χ1) is 12.0. The Morgan fingerprint density at radius 1 is 1.16 bits per heavy atom. The van der Waals surface area contributed by atoms with Crippen molar-refractivity contribution in [3.05, 3.63) is 63.7 Å². The molecule has 2 aromatic rings. The van der Waals surface area contributed by atoms with Crippen molar-refractivity contribution in [1.82, 2.24) is 0 Å². The van der Waals surface area contributed by atoms with E-state index in [0.29, 0.717) is 24.3 Å². The van der Waals surface area contributed by atoms with Gasteiger partial charge in [0.05, 0.1) is 12.7 Å². The molecule has 0 spiro atoms. The zero-order chi connectivity index (χ0) is 18.0. The summed E-state index contributed by atoms with van der Waals surface area (Å²) < 4.78 is 0. The molecule has 0 bridgehead atoms. The van der Waals surface area contributed by atoms with Gasteiger partial charge in [-0.05, 0) is 49.4 Å². The molecule has 0 aliphatic carbocycles. The molecule has 1 fully saturated rings. The number of hydrogen-bond donors (Lipinski definition) is 3. The topological polar surface area (TPSA) is 60.7 Å². The van der Waals surface area contributed by atoms with Crippen LogP contribution in [0.1, 0.15) is 40.3 Å². The van der Waals surface area contributed by atoms with Crippen LogP contribution in [0.2, 0.25) is 5.02 Å². The van der Waals surface area contributed by atoms with Gasteiger partial charge in [-0.2, -0.15) is 0 Å². The van der Waals surface area contributed by atoms with E-state index in [2.05, 4.69) is 31.2 Å². The van der Waals surface area contributed by atoms with Crippen LogP contribution in [-0.2, 0) is 6.42 Å². The normalized spacial score (nSPS) is 23.6. The highest BCUT2D eigenvalue weighted by atomic mass is 35.5. The van der Waals surface area contributed by atoms with Crippen molar-refractivity contribution < 1.29 is 15.3 Å². The summed E-state index contributed by atoms with van der Waals surface area (Å²) in [6, 6.07) is 11.9. The molecule has 5 heteroatoms. The van der Waals surface area contributed by atoms with Gasteiger partial charge in [0.1, 0.15) is 5.75 Å². The number of phenolic OH excluding ortho intramolecular Hbond substituents is 1. The van der Waals surface area contributed by atoms with Crippen LogP contribution in [0, 0.1) is 6.92 Å². The lowest BCUT2D eigenvalue weighted by Crippen LogP contribution is -2.26. The highest BCUT2D eigenvalue weighted by Gasteiger charge is 2.30. The molecule has 0 aromatic heterocycles. The molecule has 134 valence electrons. The minimum Gasteiger partial charge on any atom is -0.508 e. The van der Waals surface area contributed by atoms with E-state index in [1.165, 1.54) is 5.56 Å². The van der Waals surface area contributed by atoms with Crippen LogP contribution in [0.5, 0.6) is 5.75 Å². The minimum absolute atomic E-state index is 0.00984. The SMILES string of the molecule is Cc1ccc(Cc2cc(C3CC(O)CC(CO)S3)c(O)cc2Cl)cc1. The second-order valence-electron chi connectivity index (χ2n) is 6.72. The molecule has 3 atom stereocenters. The van der Waals surface area contributed by atoms with Crippen LogP contribution >= 0.6 is 23.4 Å². The van der Waals surface area contributed by atoms with Crippen molar-refractivity contribution in [2.45, 2.75) is 42.8 Å². The summed E-state index contributed by atoms with van der Waals surface area (Å²) in [6.07, 6.45) is 1.39. The molecule has 0 amide bonds. The van der Waals surface area contributed by atoms with Gasteiger partial charge < -0.3 is 15.3 Å². The third-order valence-corrected chi connectivity index (χ3v) is 6.49. The smallest absolute Gasteiger partial charge is 0.121 e. The van der Waals surface area contributed by atoms with E-state index in [-0.39, 0.29) is 22.9 Å². The molecule has 0 saturated carbocycles. The molecule has 0 radical (unpaired) electrons. The zero-order valence-electron chi connectivity index (χ0n) is 14.2. The van der Waals surface area contributed by atoms with Gasteiger partial charge in [0.25, 0.3) is 0 Å². The summed E-state index contributed by atoms with van der Waals surface area (Å²) in [7, 11) is 0. The molecule has 3 unspecified atom stereocenters. The molecule has 25 heavy (non-hydrogen) atoms. The van der Waals surface area contributed by atoms with Crippen molar-refractivity contribution >= 4 is 23.4 Å². The van der Waals surface area contributed by atoms with Crippen LogP contribution < -0.4 is 0 Å². The number of halogens is 1. The van der Waals surface area contributed by atoms with E-state index in [0.717, 1.165) is 16.7 Å². The Morgan fingerprint density at radius 3 is 2.56 bits per heavy atom. The highest BCUT2D eigenvalue weighted by molar-refractivity contribution is 8.00. The predicted molar refractivity (Wildman–Crippen MR) is 104 cm³/mol. The number of aliphatic hydroxyl groups is 2. The van der Waals surface area contributed by atoms with E-state index < -0.39 is 6.10 Å². The van der Waals surface area contributed by atoms with E-state index in [1.54, 1.807) is 17.8 Å². The summed E-state index contributed by atoms with van der Waals surface area (Å²) in [5.74, 6) is 0.154. The van der Waals surface area contributed by atoms with E-state index in [1.807, 2.05) is 6.07 Å². The predicted octanol–water partition coefficient (Wildman–Crippen LogP) is 4.23. The Balaban J connectivity index is 1.88. The van der Waals surface area contributed by atoms with Crippen LogP contribution in [0.3, 0.4) is 0 Å². The molecule has 1 aliphatic rings. The summed E-state index contributed by atoms with van der Waals surface area (Å²) in [5, 5.41) is 30.4. The molecular weight excluding hydrogens is 356 g/mol. The summed E-state index contributed by atoms with van der Waals surface area (Å²) in [4.78, 5) is 0. The maximum absolute atomic E-state index is 10.4. The first kappa shape index (κ1) is 18.6. The number of phenols is 1. The van der Waals surface area contributed by atoms with Crippen molar-refractivity contribution in [3.8, 4) is 5.75 Å². The fraction of sp³-hybridized carbons (Fsp3) is 0.400. The van der Waals surface area contributed by atoms with Gasteiger partial charge in [-0.1, -0.05) is 41.4 Å². The lowest BCUT2D eigenvalue weighted by Gasteiger charge is -2.32. The second kappa shape index (κ2) is 8.00. The Kier molecular flexibility index (Phi) is 5.95. The van der Waals surface area contributed by atoms with Gasteiger partial charge >= 0.3 is 0 Å². The van der Waals surface area contributed by atoms with E-state index >= 15 is 0 Å². The number of hydrogen-bond acceptors (Lipinski definition) is 4. The highest BCUT2D eigenvalue weighted by Crippen LogP contribution is 2.46. The van der Waals surface area contributed by atoms with Crippen molar-refractivity contribution in [2.24, 2.45) is 0 Å². The quantitative estimate of drug-likeness (QED) is 0.744. The molecule has 3 N–H and O–H groups in total. The Morgan fingerprint density at radius 2 is 1.88 bits per heavy atom. The summed E-state index contributed by atoms with van der Waals surface area (Å²) in [6.45, 7) is 2.08. The second-order valence-corrected chi connectivity index (χ2v) is 8.63. The van der Waals surface area contributed by atoms with E-state index in [4.69, 9.17) is 11.6 Å². The van der Waals surface area contributed by atoms with Crippen LogP contribution in [-0.4, -0.2) is 33.3 Å². The first-order valence-corrected chi connectivity index (χ1v) is 9.79. The lowest BCUT2D eigenvalue weighted by molar-refractivity contribution is 0.137. The average molecular weight is 379 g/mol. The Bertz CT molecular complexity index is 732. The largest absolute Gasteiger partial charge is 0.508 e. The number of aryl methyl sites for hydroxylation is 1. The molecule has 3 nitrogen and oxygen atoms in total. The third-order valence-electron chi connectivity index (χ3n) is 4.64. The molecule has 3 rings (SSSR count). The van der Waals surface area contributed by atoms with Gasteiger partial charge in [-0.3, -0.25) is 0 Å². The third kappa shape index (κ3) is 4.50. The number of aromatic hydroxyl groups is 1. The van der Waals surface area contributed by atoms with Crippen molar-refractivity contribution in [1.29, 1.82) is 0 Å². The van der Waals surface area contributed by atoms with Gasteiger partial charge in [0.15, 0.2) is 0 Å². The van der Waals surface area contributed by atoms with Gasteiger partial charge in [0.2, 0.25) is 0 Å². The fourth-order valence-electron chi connectivity index (χ4n) is 3.25. The van der Waals surface area contributed by atoms with Crippen LogP contribution in [0.4, 0.5) is 0 Å². The molecule has 1 saturated heterocycles. The monoisotopic (exact) mass is 378 g/mol. The maximum atomic E-state index is 10.4. The van der Waals surface area contributed by atoms with E-state index in [9.17, 15) is 15.3 Å². The summed E-state index contributed by atoms with van der Waals surface area (Å²) >= 11 is 7.96. The Labute approximate surface area is 157 Å². The van der Waals surface area contributed by atoms with Crippen molar-refractivity contribution in [3.63, 3.8) is 0 Å². The number of thioether (sulfide) groups is 1. The molecule has 2 aromatic carbocycles. The standard InChI is InChI=1S/C20H23ClO3S/c1-12-2-4-13(5-3-12)6-14-7-17(19(24)10-18(14)21)20-9-15(23)8-16(11-22)25-20/h2-5,7,10,15-16,20,22-24H,6,8-9,11H2,1H3. The fourth-order valence-corrected chi connectivity index (χ4v) is 5.03. The first-order valence-electron chi connectivity index (χ1n) is 8.47. The zero-order valence-corrected chi connectivity index (χ0v) is 15.7. The summed E-state index contributed by atoms with van der Waals surface area (Å²) in [5.41, 5.74) is 4.12. The number of aliphatic hydroxyl groups excluding tert-OH is 2. The maximum Gasteiger partial charge on any atom is 0.121 e. The van der Waals surface area contributed by atoms with Crippen LogP contribution in [0.25, 0.3) is 0 Å². The molecule has 1 aliphatic heterocycles. The number of benzene rings is 2. The van der Waals surface area contributed by atoms with Gasteiger partial charge in [0, 0.05) is 21.1 Å². The van der Waals surface area contributed by atoms with Crippen LogP contribution in [0.15, 0.2) is 36.4 Å². The molecular formula is C20H23ClO3S. The van der Waals surface area contributed by atoms with Gasteiger partial charge in [-0.25, -0.2) is 0 Å². The van der Waals surface area contributed by atoms with Gasteiger partial charge in [-0.15, -0.1) is 11.8 Å². The minimum atomic E-state index is -0.459.